The van der Waals surface area contributed by atoms with Crippen LogP contribution in [0.1, 0.15) is 10.4 Å². The Balaban J connectivity index is 1.77. The van der Waals surface area contributed by atoms with Gasteiger partial charge in [-0.2, -0.15) is 0 Å². The van der Waals surface area contributed by atoms with Crippen LogP contribution in [0.2, 0.25) is 5.02 Å². The fourth-order valence-corrected chi connectivity index (χ4v) is 3.58. The first kappa shape index (κ1) is 18.0. The van der Waals surface area contributed by atoms with E-state index in [1.165, 1.54) is 24.3 Å². The summed E-state index contributed by atoms with van der Waals surface area (Å²) in [6.45, 7) is 0. The fraction of sp³-hybridized carbons (Fsp3) is 0. The quantitative estimate of drug-likeness (QED) is 0.682. The number of hydrogen-bond acceptors (Lipinski definition) is 3. The number of carbonyl (C=O) groups is 1. The van der Waals surface area contributed by atoms with Crippen molar-refractivity contribution in [1.82, 2.24) is 0 Å². The Morgan fingerprint density at radius 3 is 2.08 bits per heavy atom. The normalized spacial score (nSPS) is 11.0. The number of halogens is 1. The van der Waals surface area contributed by atoms with Gasteiger partial charge in [0.05, 0.1) is 21.3 Å². The molecule has 3 rings (SSSR count). The zero-order valence-corrected chi connectivity index (χ0v) is 15.1. The van der Waals surface area contributed by atoms with Crippen molar-refractivity contribution in [3.63, 3.8) is 0 Å². The number of sulfonamides is 1. The van der Waals surface area contributed by atoms with E-state index in [1.54, 1.807) is 48.5 Å². The molecule has 0 saturated carbocycles. The van der Waals surface area contributed by atoms with Gasteiger partial charge in [0.15, 0.2) is 0 Å². The summed E-state index contributed by atoms with van der Waals surface area (Å²) >= 11 is 6.19. The Morgan fingerprint density at radius 2 is 1.46 bits per heavy atom. The number of hydrogen-bond donors (Lipinski definition) is 2. The highest BCUT2D eigenvalue weighted by molar-refractivity contribution is 7.92. The number of anilines is 2. The molecule has 132 valence electrons. The lowest BCUT2D eigenvalue weighted by Gasteiger charge is -2.11. The summed E-state index contributed by atoms with van der Waals surface area (Å²) in [7, 11) is -3.70. The van der Waals surface area contributed by atoms with Crippen molar-refractivity contribution in [1.29, 1.82) is 0 Å². The molecule has 0 saturated heterocycles. The molecule has 0 heterocycles. The third-order valence-corrected chi connectivity index (χ3v) is 5.27. The molecule has 0 bridgehead atoms. The molecule has 3 aromatic rings. The number of rotatable bonds is 5. The van der Waals surface area contributed by atoms with Crippen LogP contribution in [0.25, 0.3) is 0 Å². The van der Waals surface area contributed by atoms with Gasteiger partial charge in [0.1, 0.15) is 0 Å². The minimum atomic E-state index is -3.70. The van der Waals surface area contributed by atoms with Crippen LogP contribution in [0.3, 0.4) is 0 Å². The second-order valence-corrected chi connectivity index (χ2v) is 7.52. The molecule has 0 aliphatic rings. The van der Waals surface area contributed by atoms with Crippen LogP contribution in [0.15, 0.2) is 83.8 Å². The van der Waals surface area contributed by atoms with Gasteiger partial charge in [0, 0.05) is 5.56 Å². The maximum atomic E-state index is 12.3. The van der Waals surface area contributed by atoms with Crippen molar-refractivity contribution in [3.8, 4) is 0 Å². The molecule has 0 unspecified atom stereocenters. The summed E-state index contributed by atoms with van der Waals surface area (Å²) in [6.07, 6.45) is 0. The van der Waals surface area contributed by atoms with E-state index < -0.39 is 10.0 Å². The standard InChI is InChI=1S/C19H15ClN2O3S/c20-17-13-15(22-26(24,25)16-9-5-2-6-10-16)11-12-18(17)21-19(23)14-7-3-1-4-8-14/h1-13,22H,(H,21,23). The Labute approximate surface area is 156 Å². The van der Waals surface area contributed by atoms with Gasteiger partial charge in [-0.15, -0.1) is 0 Å². The molecule has 0 spiro atoms. The highest BCUT2D eigenvalue weighted by Gasteiger charge is 2.15. The van der Waals surface area contributed by atoms with Gasteiger partial charge in [-0.3, -0.25) is 9.52 Å². The maximum absolute atomic E-state index is 12.3. The third-order valence-electron chi connectivity index (χ3n) is 3.56. The van der Waals surface area contributed by atoms with Crippen LogP contribution in [0, 0.1) is 0 Å². The summed E-state index contributed by atoms with van der Waals surface area (Å²) in [5.41, 5.74) is 1.19. The zero-order valence-electron chi connectivity index (χ0n) is 13.5. The van der Waals surface area contributed by atoms with E-state index in [4.69, 9.17) is 11.6 Å². The highest BCUT2D eigenvalue weighted by Crippen LogP contribution is 2.27. The average molecular weight is 387 g/mol. The minimum absolute atomic E-state index is 0.151. The number of benzene rings is 3. The zero-order chi connectivity index (χ0) is 18.6. The molecule has 0 aliphatic heterocycles. The second-order valence-electron chi connectivity index (χ2n) is 5.43. The van der Waals surface area contributed by atoms with E-state index in [2.05, 4.69) is 10.0 Å². The lowest BCUT2D eigenvalue weighted by Crippen LogP contribution is -2.14. The second kappa shape index (κ2) is 7.59. The van der Waals surface area contributed by atoms with Crippen LogP contribution in [0.4, 0.5) is 11.4 Å². The maximum Gasteiger partial charge on any atom is 0.261 e. The minimum Gasteiger partial charge on any atom is -0.321 e. The number of carbonyl (C=O) groups excluding carboxylic acids is 1. The van der Waals surface area contributed by atoms with E-state index in [1.807, 2.05) is 6.07 Å². The summed E-state index contributed by atoms with van der Waals surface area (Å²) in [5.74, 6) is -0.301. The lowest BCUT2D eigenvalue weighted by molar-refractivity contribution is 0.102. The lowest BCUT2D eigenvalue weighted by atomic mass is 10.2. The smallest absolute Gasteiger partial charge is 0.261 e. The van der Waals surface area contributed by atoms with Crippen molar-refractivity contribution < 1.29 is 13.2 Å². The molecular formula is C19H15ClN2O3S. The van der Waals surface area contributed by atoms with E-state index in [9.17, 15) is 13.2 Å². The first-order valence-corrected chi connectivity index (χ1v) is 9.56. The summed E-state index contributed by atoms with van der Waals surface area (Å²) in [4.78, 5) is 12.3. The van der Waals surface area contributed by atoms with Gasteiger partial charge in [0.25, 0.3) is 15.9 Å². The van der Waals surface area contributed by atoms with Gasteiger partial charge in [-0.25, -0.2) is 8.42 Å². The van der Waals surface area contributed by atoms with Crippen molar-refractivity contribution >= 4 is 38.9 Å². The molecule has 3 aromatic carbocycles. The monoisotopic (exact) mass is 386 g/mol. The first-order chi connectivity index (χ1) is 12.5. The molecule has 0 aliphatic carbocycles. The molecule has 7 heteroatoms. The Morgan fingerprint density at radius 1 is 0.846 bits per heavy atom. The van der Waals surface area contributed by atoms with Crippen molar-refractivity contribution in [2.45, 2.75) is 4.90 Å². The Bertz CT molecular complexity index is 1020. The van der Waals surface area contributed by atoms with Crippen LogP contribution in [0.5, 0.6) is 0 Å². The molecule has 0 radical (unpaired) electrons. The highest BCUT2D eigenvalue weighted by atomic mass is 35.5. The largest absolute Gasteiger partial charge is 0.321 e. The van der Waals surface area contributed by atoms with Gasteiger partial charge < -0.3 is 5.32 Å². The molecule has 0 atom stereocenters. The molecular weight excluding hydrogens is 372 g/mol. The topological polar surface area (TPSA) is 75.3 Å². The third kappa shape index (κ3) is 4.22. The summed E-state index contributed by atoms with van der Waals surface area (Å²) in [5, 5.41) is 2.92. The number of nitrogens with one attached hydrogen (secondary N) is 2. The Hall–Kier alpha value is -2.83. The summed E-state index contributed by atoms with van der Waals surface area (Å²) < 4.78 is 27.1. The van der Waals surface area contributed by atoms with Crippen LogP contribution in [-0.2, 0) is 10.0 Å². The van der Waals surface area contributed by atoms with Crippen LogP contribution >= 0.6 is 11.6 Å². The average Bonchev–Trinajstić information content (AvgIpc) is 2.65. The van der Waals surface area contributed by atoms with Gasteiger partial charge in [-0.1, -0.05) is 48.0 Å². The molecule has 1 amide bonds. The molecule has 5 nitrogen and oxygen atoms in total. The molecule has 2 N–H and O–H groups in total. The SMILES string of the molecule is O=C(Nc1ccc(NS(=O)(=O)c2ccccc2)cc1Cl)c1ccccc1. The summed E-state index contributed by atoms with van der Waals surface area (Å²) in [6, 6.07) is 21.3. The predicted octanol–water partition coefficient (Wildman–Crippen LogP) is 4.39. The van der Waals surface area contributed by atoms with Gasteiger partial charge in [0.2, 0.25) is 0 Å². The molecule has 0 aromatic heterocycles. The van der Waals surface area contributed by atoms with E-state index in [-0.39, 0.29) is 15.8 Å². The van der Waals surface area contributed by atoms with E-state index in [0.29, 0.717) is 16.9 Å². The van der Waals surface area contributed by atoms with Gasteiger partial charge in [-0.05, 0) is 42.5 Å². The predicted molar refractivity (Wildman–Crippen MR) is 103 cm³/mol. The van der Waals surface area contributed by atoms with E-state index >= 15 is 0 Å². The fourth-order valence-electron chi connectivity index (χ4n) is 2.28. The van der Waals surface area contributed by atoms with Crippen molar-refractivity contribution in [2.75, 3.05) is 10.0 Å². The number of amides is 1. The van der Waals surface area contributed by atoms with Crippen LogP contribution < -0.4 is 10.0 Å². The van der Waals surface area contributed by atoms with E-state index in [0.717, 1.165) is 0 Å². The molecule has 0 fully saturated rings. The van der Waals surface area contributed by atoms with Crippen LogP contribution in [-0.4, -0.2) is 14.3 Å². The van der Waals surface area contributed by atoms with Crippen molar-refractivity contribution in [2.24, 2.45) is 0 Å². The first-order valence-electron chi connectivity index (χ1n) is 7.69. The molecule has 26 heavy (non-hydrogen) atoms. The van der Waals surface area contributed by atoms with Gasteiger partial charge >= 0.3 is 0 Å². The van der Waals surface area contributed by atoms with Crippen molar-refractivity contribution in [3.05, 3.63) is 89.4 Å². The Kier molecular flexibility index (Phi) is 5.25.